The maximum absolute atomic E-state index is 11.6. The molecule has 0 atom stereocenters. The molecule has 3 rings (SSSR count). The minimum absolute atomic E-state index is 0.196. The average Bonchev–Trinajstić information content (AvgIpc) is 3.08. The first-order valence-corrected chi connectivity index (χ1v) is 7.82. The van der Waals surface area contributed by atoms with Crippen molar-refractivity contribution in [3.05, 3.63) is 57.1 Å². The molecule has 0 saturated heterocycles. The van der Waals surface area contributed by atoms with Crippen molar-refractivity contribution in [2.75, 3.05) is 0 Å². The molecule has 0 aliphatic heterocycles. The van der Waals surface area contributed by atoms with Crippen molar-refractivity contribution in [2.24, 2.45) is 10.2 Å². The lowest BCUT2D eigenvalue weighted by atomic mass is 10.2. The van der Waals surface area contributed by atoms with E-state index >= 15 is 0 Å². The molecule has 0 saturated carbocycles. The number of hydrogen-bond acceptors (Lipinski definition) is 6. The highest BCUT2D eigenvalue weighted by Gasteiger charge is 2.12. The van der Waals surface area contributed by atoms with Crippen LogP contribution in [0.15, 0.2) is 45.4 Å². The highest BCUT2D eigenvalue weighted by Crippen LogP contribution is 2.38. The minimum Gasteiger partial charge on any atom is -0.310 e. The second-order valence-electron chi connectivity index (χ2n) is 4.29. The molecule has 2 heterocycles. The first-order valence-electron chi connectivity index (χ1n) is 6.23. The lowest BCUT2D eigenvalue weighted by Gasteiger charge is -1.97. The van der Waals surface area contributed by atoms with Gasteiger partial charge in [-0.1, -0.05) is 41.7 Å². The molecular formula is C14H9N5OS2. The minimum atomic E-state index is -0.196. The van der Waals surface area contributed by atoms with Crippen LogP contribution in [0.5, 0.6) is 0 Å². The van der Waals surface area contributed by atoms with E-state index in [9.17, 15) is 4.79 Å². The summed E-state index contributed by atoms with van der Waals surface area (Å²) in [5.74, 6) is 0. The van der Waals surface area contributed by atoms with Crippen LogP contribution in [0.1, 0.15) is 5.69 Å². The highest BCUT2D eigenvalue weighted by atomic mass is 32.1. The largest absolute Gasteiger partial charge is 0.310 e. The van der Waals surface area contributed by atoms with Crippen LogP contribution in [0.4, 0.5) is 15.7 Å². The van der Waals surface area contributed by atoms with Crippen LogP contribution in [-0.4, -0.2) is 9.36 Å². The number of nitrogens with zero attached hydrogens (tertiary/aromatic N) is 4. The van der Waals surface area contributed by atoms with Crippen molar-refractivity contribution in [1.82, 2.24) is 9.36 Å². The van der Waals surface area contributed by atoms with Gasteiger partial charge in [-0.15, -0.1) is 10.2 Å². The van der Waals surface area contributed by atoms with E-state index in [1.54, 1.807) is 6.92 Å². The highest BCUT2D eigenvalue weighted by molar-refractivity contribution is 7.13. The Balaban J connectivity index is 2.02. The lowest BCUT2D eigenvalue weighted by Crippen LogP contribution is -1.91. The summed E-state index contributed by atoms with van der Waals surface area (Å²) in [6.45, 7) is 8.90. The summed E-state index contributed by atoms with van der Waals surface area (Å²) in [5, 5.41) is 9.16. The SMILES string of the molecule is [C-]#[N+]c1c(C)nsc1N=Nc1sc(=O)[nH]c1-c1ccccc1. The third-order valence-corrected chi connectivity index (χ3v) is 4.43. The standard InChI is InChI=1S/C14H9N5OS2/c1-8-10(15-2)13(22-19-8)18-17-12-11(16-14(20)21-12)9-6-4-3-5-7-9/h3-7H,1H3,(H,16,20). The second kappa shape index (κ2) is 6.01. The monoisotopic (exact) mass is 327 g/mol. The van der Waals surface area contributed by atoms with Gasteiger partial charge in [0.1, 0.15) is 0 Å². The summed E-state index contributed by atoms with van der Waals surface area (Å²) in [4.78, 5) is 17.6. The van der Waals surface area contributed by atoms with Crippen molar-refractivity contribution in [1.29, 1.82) is 0 Å². The molecule has 0 aliphatic carbocycles. The zero-order chi connectivity index (χ0) is 15.5. The zero-order valence-corrected chi connectivity index (χ0v) is 13.0. The third-order valence-electron chi connectivity index (χ3n) is 2.85. The maximum Gasteiger partial charge on any atom is 0.307 e. The molecule has 108 valence electrons. The number of hydrogen-bond donors (Lipinski definition) is 1. The quantitative estimate of drug-likeness (QED) is 0.552. The molecule has 2 aromatic heterocycles. The summed E-state index contributed by atoms with van der Waals surface area (Å²) in [7, 11) is 0. The fraction of sp³-hybridized carbons (Fsp3) is 0.0714. The van der Waals surface area contributed by atoms with E-state index in [2.05, 4.69) is 24.4 Å². The molecule has 0 unspecified atom stereocenters. The van der Waals surface area contributed by atoms with Gasteiger partial charge in [-0.2, -0.15) is 0 Å². The van der Waals surface area contributed by atoms with E-state index < -0.39 is 0 Å². The van der Waals surface area contributed by atoms with Crippen LogP contribution >= 0.6 is 22.9 Å². The molecule has 0 fully saturated rings. The van der Waals surface area contributed by atoms with Crippen molar-refractivity contribution in [2.45, 2.75) is 6.92 Å². The smallest absolute Gasteiger partial charge is 0.307 e. The summed E-state index contributed by atoms with van der Waals surface area (Å²) in [6, 6.07) is 9.44. The molecule has 0 bridgehead atoms. The topological polar surface area (TPSA) is 74.8 Å². The number of aromatic nitrogens is 2. The fourth-order valence-electron chi connectivity index (χ4n) is 1.83. The number of rotatable bonds is 3. The van der Waals surface area contributed by atoms with E-state index in [1.807, 2.05) is 30.3 Å². The van der Waals surface area contributed by atoms with Crippen molar-refractivity contribution in [3.8, 4) is 11.3 Å². The molecule has 1 aromatic carbocycles. The first-order chi connectivity index (χ1) is 10.7. The molecule has 22 heavy (non-hydrogen) atoms. The van der Waals surface area contributed by atoms with Gasteiger partial charge in [-0.05, 0) is 18.5 Å². The number of nitrogens with one attached hydrogen (secondary N) is 1. The third kappa shape index (κ3) is 2.72. The Hall–Kier alpha value is -2.63. The Morgan fingerprint density at radius 3 is 2.68 bits per heavy atom. The van der Waals surface area contributed by atoms with E-state index in [0.29, 0.717) is 27.1 Å². The van der Waals surface area contributed by atoms with Gasteiger partial charge in [0.15, 0.2) is 10.0 Å². The van der Waals surface area contributed by atoms with Gasteiger partial charge in [0.05, 0.1) is 18.0 Å². The van der Waals surface area contributed by atoms with Crippen molar-refractivity contribution < 1.29 is 0 Å². The van der Waals surface area contributed by atoms with Crippen LogP contribution in [0, 0.1) is 13.5 Å². The fourth-order valence-corrected chi connectivity index (χ4v) is 3.18. The predicted octanol–water partition coefficient (Wildman–Crippen LogP) is 4.83. The van der Waals surface area contributed by atoms with Crippen LogP contribution in [-0.2, 0) is 0 Å². The van der Waals surface area contributed by atoms with E-state index in [1.165, 1.54) is 0 Å². The average molecular weight is 327 g/mol. The van der Waals surface area contributed by atoms with Gasteiger partial charge in [0, 0.05) is 5.56 Å². The molecular weight excluding hydrogens is 318 g/mol. The first kappa shape index (κ1) is 14.3. The molecule has 1 N–H and O–H groups in total. The predicted molar refractivity (Wildman–Crippen MR) is 87.7 cm³/mol. The number of H-pyrrole nitrogens is 1. The van der Waals surface area contributed by atoms with E-state index in [0.717, 1.165) is 28.4 Å². The lowest BCUT2D eigenvalue weighted by molar-refractivity contribution is 1.26. The van der Waals surface area contributed by atoms with Gasteiger partial charge in [-0.3, -0.25) is 4.79 Å². The number of aromatic amines is 1. The van der Waals surface area contributed by atoms with Crippen molar-refractivity contribution in [3.63, 3.8) is 0 Å². The Labute approximate surface area is 133 Å². The van der Waals surface area contributed by atoms with Crippen LogP contribution in [0.2, 0.25) is 0 Å². The molecule has 8 heteroatoms. The Morgan fingerprint density at radius 2 is 1.95 bits per heavy atom. The zero-order valence-electron chi connectivity index (χ0n) is 11.4. The summed E-state index contributed by atoms with van der Waals surface area (Å²) in [6.07, 6.45) is 0. The Morgan fingerprint density at radius 1 is 1.23 bits per heavy atom. The molecule has 0 amide bonds. The number of aryl methyl sites for hydroxylation is 1. The molecule has 0 spiro atoms. The second-order valence-corrected chi connectivity index (χ2v) is 6.01. The normalized spacial score (nSPS) is 10.9. The maximum atomic E-state index is 11.6. The number of azo groups is 1. The molecule has 6 nitrogen and oxygen atoms in total. The van der Waals surface area contributed by atoms with E-state index in [4.69, 9.17) is 6.57 Å². The molecule has 0 radical (unpaired) electrons. The van der Waals surface area contributed by atoms with Crippen LogP contribution < -0.4 is 4.87 Å². The van der Waals surface area contributed by atoms with Crippen molar-refractivity contribution >= 4 is 38.6 Å². The van der Waals surface area contributed by atoms with Gasteiger partial charge in [0.2, 0.25) is 5.69 Å². The van der Waals surface area contributed by atoms with Gasteiger partial charge >= 0.3 is 4.87 Å². The van der Waals surface area contributed by atoms with Gasteiger partial charge in [0.25, 0.3) is 0 Å². The number of thiazole rings is 1. The Kier molecular flexibility index (Phi) is 3.91. The van der Waals surface area contributed by atoms with Crippen LogP contribution in [0.25, 0.3) is 16.1 Å². The summed E-state index contributed by atoms with van der Waals surface area (Å²) < 4.78 is 4.09. The summed E-state index contributed by atoms with van der Waals surface area (Å²) >= 11 is 2.10. The van der Waals surface area contributed by atoms with Gasteiger partial charge < -0.3 is 4.98 Å². The van der Waals surface area contributed by atoms with Crippen LogP contribution in [0.3, 0.4) is 0 Å². The van der Waals surface area contributed by atoms with Gasteiger partial charge in [-0.25, -0.2) is 9.22 Å². The summed E-state index contributed by atoms with van der Waals surface area (Å²) in [5.41, 5.74) is 2.53. The van der Waals surface area contributed by atoms with E-state index in [-0.39, 0.29) is 4.87 Å². The Bertz CT molecular complexity index is 930. The molecule has 3 aromatic rings. The molecule has 0 aliphatic rings. The number of benzene rings is 1.